The topological polar surface area (TPSA) is 40.5 Å². The summed E-state index contributed by atoms with van der Waals surface area (Å²) in [7, 11) is 2.18. The van der Waals surface area contributed by atoms with Crippen LogP contribution < -0.4 is 5.32 Å². The molecule has 2 aliphatic rings. The maximum atomic E-state index is 13.3. The number of thioether (sulfide) groups is 1. The van der Waals surface area contributed by atoms with Gasteiger partial charge in [-0.1, -0.05) is 41.7 Å². The van der Waals surface area contributed by atoms with E-state index >= 15 is 0 Å². The molecule has 7 heteroatoms. The fourth-order valence-corrected chi connectivity index (χ4v) is 6.50. The number of halogens is 1. The summed E-state index contributed by atoms with van der Waals surface area (Å²) in [4.78, 5) is 11.7. The van der Waals surface area contributed by atoms with Crippen LogP contribution in [0.25, 0.3) is 10.2 Å². The Kier molecular flexibility index (Phi) is 5.18. The monoisotopic (exact) mass is 426 g/mol. The molecule has 0 radical (unpaired) electrons. The third-order valence-electron chi connectivity index (χ3n) is 5.68. The summed E-state index contributed by atoms with van der Waals surface area (Å²) < 4.78 is 14.2. The first-order chi connectivity index (χ1) is 14.2. The number of amidine groups is 1. The van der Waals surface area contributed by atoms with Crippen molar-refractivity contribution in [3.8, 4) is 0 Å². The van der Waals surface area contributed by atoms with Gasteiger partial charge in [0.05, 0.1) is 15.9 Å². The molecule has 3 aromatic rings. The Morgan fingerprint density at radius 3 is 2.90 bits per heavy atom. The van der Waals surface area contributed by atoms with E-state index in [-0.39, 0.29) is 5.82 Å². The van der Waals surface area contributed by atoms with E-state index in [4.69, 9.17) is 4.99 Å². The predicted molar refractivity (Wildman–Crippen MR) is 122 cm³/mol. The summed E-state index contributed by atoms with van der Waals surface area (Å²) in [6, 6.07) is 13.9. The van der Waals surface area contributed by atoms with Gasteiger partial charge in [0.25, 0.3) is 0 Å². The second-order valence-electron chi connectivity index (χ2n) is 7.63. The summed E-state index contributed by atoms with van der Waals surface area (Å²) in [5, 5.41) is 6.06. The molecule has 1 saturated carbocycles. The number of anilines is 1. The number of hydrogen-bond acceptors (Lipinski definition) is 5. The Bertz CT molecular complexity index is 1050. The van der Waals surface area contributed by atoms with Crippen molar-refractivity contribution in [2.45, 2.75) is 37.0 Å². The lowest BCUT2D eigenvalue weighted by atomic mass is 10.1. The number of aromatic nitrogens is 1. The lowest BCUT2D eigenvalue weighted by molar-refractivity contribution is 0.397. The zero-order valence-electron chi connectivity index (χ0n) is 16.3. The minimum atomic E-state index is -0.221. The van der Waals surface area contributed by atoms with Gasteiger partial charge in [-0.3, -0.25) is 0 Å². The van der Waals surface area contributed by atoms with E-state index in [1.54, 1.807) is 6.07 Å². The summed E-state index contributed by atoms with van der Waals surface area (Å²) in [6.45, 7) is 0.790. The van der Waals surface area contributed by atoms with E-state index in [9.17, 15) is 4.39 Å². The van der Waals surface area contributed by atoms with Crippen molar-refractivity contribution in [2.75, 3.05) is 18.9 Å². The van der Waals surface area contributed by atoms with E-state index in [2.05, 4.69) is 46.5 Å². The number of aliphatic imine (C=N–C) groups is 1. The Morgan fingerprint density at radius 1 is 1.21 bits per heavy atom. The standard InChI is InChI=1S/C22H23FN4S2/c1-27-18-3-2-4-19(18)29-22(27)25-16-8-5-14(6-9-16)11-12-24-21-26-17-10-7-15(23)13-20(17)28-21/h5-10,13,18-19H,2-4,11-12H2,1H3,(H,24,26)/t18-,19?/m1/s1. The molecule has 2 heterocycles. The highest BCUT2D eigenvalue weighted by Gasteiger charge is 2.39. The van der Waals surface area contributed by atoms with Crippen LogP contribution >= 0.6 is 23.1 Å². The number of nitrogens with zero attached hydrogens (tertiary/aromatic N) is 3. The molecule has 0 bridgehead atoms. The lowest BCUT2D eigenvalue weighted by Gasteiger charge is -2.19. The van der Waals surface area contributed by atoms with Crippen molar-refractivity contribution < 1.29 is 4.39 Å². The molecule has 2 fully saturated rings. The predicted octanol–water partition coefficient (Wildman–Crippen LogP) is 5.68. The van der Waals surface area contributed by atoms with E-state index < -0.39 is 0 Å². The summed E-state index contributed by atoms with van der Waals surface area (Å²) in [5.41, 5.74) is 3.11. The average molecular weight is 427 g/mol. The Hall–Kier alpha value is -2.12. The molecule has 1 unspecified atom stereocenters. The number of hydrogen-bond donors (Lipinski definition) is 1. The van der Waals surface area contributed by atoms with Gasteiger partial charge in [0.2, 0.25) is 0 Å². The van der Waals surface area contributed by atoms with Crippen molar-refractivity contribution in [3.05, 3.63) is 53.8 Å². The third-order valence-corrected chi connectivity index (χ3v) is 8.09. The number of benzene rings is 2. The lowest BCUT2D eigenvalue weighted by Crippen LogP contribution is -2.30. The molecule has 5 rings (SSSR count). The Balaban J connectivity index is 1.18. The Labute approximate surface area is 178 Å². The van der Waals surface area contributed by atoms with Crippen molar-refractivity contribution in [2.24, 2.45) is 4.99 Å². The molecule has 2 aromatic carbocycles. The molecule has 1 aromatic heterocycles. The number of fused-ring (bicyclic) bond motifs is 2. The molecule has 0 amide bonds. The van der Waals surface area contributed by atoms with E-state index in [0.29, 0.717) is 6.04 Å². The van der Waals surface area contributed by atoms with Crippen molar-refractivity contribution >= 4 is 49.3 Å². The second-order valence-corrected chi connectivity index (χ2v) is 9.87. The second kappa shape index (κ2) is 7.95. The minimum Gasteiger partial charge on any atom is -0.361 e. The van der Waals surface area contributed by atoms with Crippen molar-refractivity contribution in [1.29, 1.82) is 0 Å². The smallest absolute Gasteiger partial charge is 0.183 e. The molecular weight excluding hydrogens is 403 g/mol. The number of thiazole rings is 1. The molecule has 2 atom stereocenters. The summed E-state index contributed by atoms with van der Waals surface area (Å²) in [6.07, 6.45) is 4.85. The molecule has 150 valence electrons. The highest BCUT2D eigenvalue weighted by Crippen LogP contribution is 2.41. The fraction of sp³-hybridized carbons (Fsp3) is 0.364. The highest BCUT2D eigenvalue weighted by atomic mass is 32.2. The maximum Gasteiger partial charge on any atom is 0.183 e. The van der Waals surface area contributed by atoms with Crippen molar-refractivity contribution in [1.82, 2.24) is 9.88 Å². The SMILES string of the molecule is CN1C(=Nc2ccc(CCNc3nc4ccc(F)cc4s3)cc2)SC2CCC[C@H]21. The van der Waals surface area contributed by atoms with Crippen molar-refractivity contribution in [3.63, 3.8) is 0 Å². The van der Waals surface area contributed by atoms with Crippen LogP contribution in [0.1, 0.15) is 24.8 Å². The van der Waals surface area contributed by atoms with Gasteiger partial charge in [-0.15, -0.1) is 0 Å². The van der Waals surface area contributed by atoms with Gasteiger partial charge in [-0.2, -0.15) is 0 Å². The average Bonchev–Trinajstić information content (AvgIpc) is 3.40. The van der Waals surface area contributed by atoms with Crippen LogP contribution in [-0.2, 0) is 6.42 Å². The van der Waals surface area contributed by atoms with E-state index in [0.717, 1.165) is 44.4 Å². The van der Waals surface area contributed by atoms with Gasteiger partial charge in [-0.05, 0) is 55.2 Å². The minimum absolute atomic E-state index is 0.221. The zero-order chi connectivity index (χ0) is 19.8. The fourth-order valence-electron chi connectivity index (χ4n) is 4.09. The first-order valence-electron chi connectivity index (χ1n) is 10.0. The molecule has 1 saturated heterocycles. The van der Waals surface area contributed by atoms with Gasteiger partial charge in [0.1, 0.15) is 5.82 Å². The van der Waals surface area contributed by atoms with Gasteiger partial charge < -0.3 is 10.2 Å². The molecule has 4 nitrogen and oxygen atoms in total. The van der Waals surface area contributed by atoms with E-state index in [1.165, 1.54) is 48.3 Å². The third kappa shape index (κ3) is 3.98. The zero-order valence-corrected chi connectivity index (χ0v) is 17.9. The quantitative estimate of drug-likeness (QED) is 0.570. The van der Waals surface area contributed by atoms with Crippen LogP contribution in [0, 0.1) is 5.82 Å². The van der Waals surface area contributed by atoms with Gasteiger partial charge in [-0.25, -0.2) is 14.4 Å². The largest absolute Gasteiger partial charge is 0.361 e. The van der Waals surface area contributed by atoms with Gasteiger partial charge in [0, 0.05) is 24.9 Å². The molecule has 1 aliphatic heterocycles. The molecule has 29 heavy (non-hydrogen) atoms. The van der Waals surface area contributed by atoms with E-state index in [1.807, 2.05) is 11.8 Å². The van der Waals surface area contributed by atoms with Crippen LogP contribution in [0.4, 0.5) is 15.2 Å². The first kappa shape index (κ1) is 18.9. The molecule has 0 spiro atoms. The summed E-state index contributed by atoms with van der Waals surface area (Å²) in [5.74, 6) is -0.221. The number of nitrogens with one attached hydrogen (secondary N) is 1. The van der Waals surface area contributed by atoms with Crippen LogP contribution in [0.15, 0.2) is 47.5 Å². The Morgan fingerprint density at radius 2 is 2.07 bits per heavy atom. The number of rotatable bonds is 5. The van der Waals surface area contributed by atoms with Gasteiger partial charge >= 0.3 is 0 Å². The first-order valence-corrected chi connectivity index (χ1v) is 11.7. The van der Waals surface area contributed by atoms with Crippen LogP contribution in [0.2, 0.25) is 0 Å². The molecule has 1 N–H and O–H groups in total. The normalized spacial score (nSPS) is 22.6. The molecular formula is C22H23FN4S2. The molecule has 1 aliphatic carbocycles. The van der Waals surface area contributed by atoms with Crippen LogP contribution in [-0.4, -0.2) is 39.9 Å². The van der Waals surface area contributed by atoms with Crippen LogP contribution in [0.3, 0.4) is 0 Å². The summed E-state index contributed by atoms with van der Waals surface area (Å²) >= 11 is 3.43. The van der Waals surface area contributed by atoms with Gasteiger partial charge in [0.15, 0.2) is 10.3 Å². The highest BCUT2D eigenvalue weighted by molar-refractivity contribution is 8.14. The van der Waals surface area contributed by atoms with Crippen LogP contribution in [0.5, 0.6) is 0 Å². The maximum absolute atomic E-state index is 13.3.